The molecule has 0 bridgehead atoms. The highest BCUT2D eigenvalue weighted by molar-refractivity contribution is 7.99. The van der Waals surface area contributed by atoms with Gasteiger partial charge in [-0.05, 0) is 32.4 Å². The van der Waals surface area contributed by atoms with Gasteiger partial charge in [0.15, 0.2) is 11.0 Å². The summed E-state index contributed by atoms with van der Waals surface area (Å²) in [6.45, 7) is 4.36. The number of hydrogen-bond acceptors (Lipinski definition) is 5. The molecule has 0 aliphatic rings. The van der Waals surface area contributed by atoms with Crippen molar-refractivity contribution in [3.8, 4) is 17.1 Å². The van der Waals surface area contributed by atoms with Gasteiger partial charge in [-0.3, -0.25) is 14.2 Å². The SMILES string of the molecule is CCONC(=O)CCCSc1nnc(-c2ccc(C)cc2)n1-c1ccccc1. The molecule has 2 aromatic carbocycles. The number of hydroxylamine groups is 1. The van der Waals surface area contributed by atoms with Gasteiger partial charge in [-0.2, -0.15) is 0 Å². The zero-order chi connectivity index (χ0) is 19.8. The average molecular weight is 397 g/mol. The summed E-state index contributed by atoms with van der Waals surface area (Å²) in [6.07, 6.45) is 1.14. The van der Waals surface area contributed by atoms with Gasteiger partial charge in [0.25, 0.3) is 0 Å². The van der Waals surface area contributed by atoms with Gasteiger partial charge in [0.05, 0.1) is 6.61 Å². The molecule has 6 nitrogen and oxygen atoms in total. The minimum Gasteiger partial charge on any atom is -0.274 e. The Kier molecular flexibility index (Phi) is 7.22. The number of rotatable bonds is 9. The molecular weight excluding hydrogens is 372 g/mol. The summed E-state index contributed by atoms with van der Waals surface area (Å²) in [6, 6.07) is 18.3. The smallest absolute Gasteiger partial charge is 0.243 e. The van der Waals surface area contributed by atoms with Crippen molar-refractivity contribution in [3.63, 3.8) is 0 Å². The number of benzene rings is 2. The third kappa shape index (κ3) is 5.21. The molecule has 7 heteroatoms. The molecule has 0 fully saturated rings. The monoisotopic (exact) mass is 396 g/mol. The van der Waals surface area contributed by atoms with Crippen LogP contribution in [-0.2, 0) is 9.63 Å². The Morgan fingerprint density at radius 1 is 1.11 bits per heavy atom. The van der Waals surface area contributed by atoms with Crippen LogP contribution in [0.5, 0.6) is 0 Å². The van der Waals surface area contributed by atoms with Crippen molar-refractivity contribution in [1.29, 1.82) is 0 Å². The Labute approximate surface area is 169 Å². The maximum atomic E-state index is 11.6. The predicted molar refractivity (Wildman–Crippen MR) is 111 cm³/mol. The summed E-state index contributed by atoms with van der Waals surface area (Å²) in [5.41, 5.74) is 5.65. The summed E-state index contributed by atoms with van der Waals surface area (Å²) in [7, 11) is 0. The van der Waals surface area contributed by atoms with Crippen LogP contribution >= 0.6 is 11.8 Å². The highest BCUT2D eigenvalue weighted by Crippen LogP contribution is 2.28. The number of nitrogens with zero attached hydrogens (tertiary/aromatic N) is 3. The van der Waals surface area contributed by atoms with E-state index in [1.165, 1.54) is 5.56 Å². The zero-order valence-electron chi connectivity index (χ0n) is 16.1. The number of aromatic nitrogens is 3. The standard InChI is InChI=1S/C21H24N4O2S/c1-3-27-24-19(26)10-7-15-28-21-23-22-20(17-13-11-16(2)12-14-17)25(21)18-8-5-4-6-9-18/h4-6,8-9,11-14H,3,7,10,15H2,1-2H3,(H,24,26). The van der Waals surface area contributed by atoms with E-state index in [0.717, 1.165) is 34.4 Å². The molecule has 0 spiro atoms. The second kappa shape index (κ2) is 10.1. The number of nitrogens with one attached hydrogen (secondary N) is 1. The molecule has 28 heavy (non-hydrogen) atoms. The summed E-state index contributed by atoms with van der Waals surface area (Å²) in [4.78, 5) is 16.6. The average Bonchev–Trinajstić information content (AvgIpc) is 3.14. The van der Waals surface area contributed by atoms with E-state index < -0.39 is 0 Å². The fourth-order valence-corrected chi connectivity index (χ4v) is 3.55. The Bertz CT molecular complexity index is 895. The summed E-state index contributed by atoms with van der Waals surface area (Å²) < 4.78 is 2.07. The quantitative estimate of drug-likeness (QED) is 0.334. The third-order valence-corrected chi connectivity index (χ3v) is 5.08. The molecule has 0 aliphatic carbocycles. The third-order valence-electron chi connectivity index (χ3n) is 4.07. The fourth-order valence-electron chi connectivity index (χ4n) is 2.66. The van der Waals surface area contributed by atoms with E-state index in [2.05, 4.69) is 51.4 Å². The number of carbonyl (C=O) groups is 1. The molecule has 0 aliphatic heterocycles. The van der Waals surface area contributed by atoms with E-state index in [0.29, 0.717) is 13.0 Å². The lowest BCUT2D eigenvalue weighted by Gasteiger charge is -2.10. The van der Waals surface area contributed by atoms with Gasteiger partial charge in [-0.25, -0.2) is 5.48 Å². The maximum Gasteiger partial charge on any atom is 0.243 e. The first-order valence-electron chi connectivity index (χ1n) is 9.30. The van der Waals surface area contributed by atoms with E-state index in [-0.39, 0.29) is 5.91 Å². The Morgan fingerprint density at radius 2 is 1.86 bits per heavy atom. The molecule has 0 unspecified atom stereocenters. The van der Waals surface area contributed by atoms with Crippen molar-refractivity contribution >= 4 is 17.7 Å². The zero-order valence-corrected chi connectivity index (χ0v) is 16.9. The van der Waals surface area contributed by atoms with Crippen LogP contribution in [0.2, 0.25) is 0 Å². The second-order valence-electron chi connectivity index (χ2n) is 6.25. The van der Waals surface area contributed by atoms with Gasteiger partial charge in [0.2, 0.25) is 5.91 Å². The van der Waals surface area contributed by atoms with E-state index in [9.17, 15) is 4.79 Å². The van der Waals surface area contributed by atoms with Crippen LogP contribution in [0.1, 0.15) is 25.3 Å². The number of para-hydroxylation sites is 1. The van der Waals surface area contributed by atoms with Crippen LogP contribution < -0.4 is 5.48 Å². The molecule has 1 heterocycles. The Morgan fingerprint density at radius 3 is 2.57 bits per heavy atom. The highest BCUT2D eigenvalue weighted by atomic mass is 32.2. The molecular formula is C21H24N4O2S. The van der Waals surface area contributed by atoms with Crippen LogP contribution in [0, 0.1) is 6.92 Å². The Hall–Kier alpha value is -2.64. The molecule has 3 rings (SSSR count). The van der Waals surface area contributed by atoms with Gasteiger partial charge in [0, 0.05) is 23.4 Å². The largest absolute Gasteiger partial charge is 0.274 e. The van der Waals surface area contributed by atoms with E-state index in [1.807, 2.05) is 37.3 Å². The summed E-state index contributed by atoms with van der Waals surface area (Å²) >= 11 is 1.59. The molecule has 146 valence electrons. The fraction of sp³-hybridized carbons (Fsp3) is 0.286. The Balaban J connectivity index is 1.76. The lowest BCUT2D eigenvalue weighted by Crippen LogP contribution is -2.23. The minimum atomic E-state index is -0.104. The van der Waals surface area contributed by atoms with Crippen LogP contribution in [0.25, 0.3) is 17.1 Å². The molecule has 1 amide bonds. The van der Waals surface area contributed by atoms with Crippen molar-refractivity contribution in [1.82, 2.24) is 20.2 Å². The predicted octanol–water partition coefficient (Wildman–Crippen LogP) is 4.18. The molecule has 0 radical (unpaired) electrons. The number of carbonyl (C=O) groups excluding carboxylic acids is 1. The maximum absolute atomic E-state index is 11.6. The normalized spacial score (nSPS) is 10.8. The molecule has 0 saturated carbocycles. The van der Waals surface area contributed by atoms with Crippen molar-refractivity contribution in [2.75, 3.05) is 12.4 Å². The molecule has 0 saturated heterocycles. The van der Waals surface area contributed by atoms with Crippen LogP contribution in [0.3, 0.4) is 0 Å². The van der Waals surface area contributed by atoms with Crippen LogP contribution in [0.15, 0.2) is 59.8 Å². The molecule has 0 atom stereocenters. The highest BCUT2D eigenvalue weighted by Gasteiger charge is 2.16. The first-order valence-corrected chi connectivity index (χ1v) is 10.3. The van der Waals surface area contributed by atoms with Gasteiger partial charge in [-0.1, -0.05) is 59.8 Å². The number of amides is 1. The summed E-state index contributed by atoms with van der Waals surface area (Å²) in [5, 5.41) is 9.66. The van der Waals surface area contributed by atoms with Crippen LogP contribution in [0.4, 0.5) is 0 Å². The summed E-state index contributed by atoms with van der Waals surface area (Å²) in [5.74, 6) is 1.47. The lowest BCUT2D eigenvalue weighted by atomic mass is 10.1. The number of hydrogen-bond donors (Lipinski definition) is 1. The van der Waals surface area contributed by atoms with Crippen molar-refractivity contribution in [3.05, 3.63) is 60.2 Å². The second-order valence-corrected chi connectivity index (χ2v) is 7.32. The van der Waals surface area contributed by atoms with Gasteiger partial charge < -0.3 is 0 Å². The van der Waals surface area contributed by atoms with E-state index >= 15 is 0 Å². The molecule has 1 N–H and O–H groups in total. The molecule has 1 aromatic heterocycles. The van der Waals surface area contributed by atoms with Gasteiger partial charge >= 0.3 is 0 Å². The number of aryl methyl sites for hydroxylation is 1. The van der Waals surface area contributed by atoms with Crippen molar-refractivity contribution in [2.24, 2.45) is 0 Å². The van der Waals surface area contributed by atoms with Gasteiger partial charge in [-0.15, -0.1) is 10.2 Å². The first kappa shape index (κ1) is 20.1. The van der Waals surface area contributed by atoms with E-state index in [4.69, 9.17) is 4.84 Å². The molecule has 3 aromatic rings. The first-order chi connectivity index (χ1) is 13.7. The van der Waals surface area contributed by atoms with Crippen LogP contribution in [-0.4, -0.2) is 33.0 Å². The van der Waals surface area contributed by atoms with Crippen molar-refractivity contribution < 1.29 is 9.63 Å². The minimum absolute atomic E-state index is 0.104. The van der Waals surface area contributed by atoms with E-state index in [1.54, 1.807) is 11.8 Å². The lowest BCUT2D eigenvalue weighted by molar-refractivity contribution is -0.133. The van der Waals surface area contributed by atoms with Gasteiger partial charge in [0.1, 0.15) is 0 Å². The topological polar surface area (TPSA) is 69.0 Å². The number of thioether (sulfide) groups is 1. The van der Waals surface area contributed by atoms with Crippen molar-refractivity contribution in [2.45, 2.75) is 31.8 Å².